The van der Waals surface area contributed by atoms with Crippen molar-refractivity contribution >= 4 is 35.5 Å². The molecule has 5 N–H and O–H groups in total. The number of amides is 2. The van der Waals surface area contributed by atoms with Crippen molar-refractivity contribution in [3.05, 3.63) is 0 Å². The summed E-state index contributed by atoms with van der Waals surface area (Å²) in [7, 11) is 0. The summed E-state index contributed by atoms with van der Waals surface area (Å²) in [6, 6.07) is 0. The lowest BCUT2D eigenvalue weighted by Gasteiger charge is -2.28. The number of carbonyl (C=O) groups excluding carboxylic acids is 3. The van der Waals surface area contributed by atoms with Gasteiger partial charge in [0.2, 0.25) is 11.8 Å². The van der Waals surface area contributed by atoms with Crippen molar-refractivity contribution in [3.63, 3.8) is 0 Å². The summed E-state index contributed by atoms with van der Waals surface area (Å²) in [5.74, 6) is -3.96. The first-order chi connectivity index (χ1) is 24.0. The molecule has 0 unspecified atom stereocenters. The predicted octanol–water partition coefficient (Wildman–Crippen LogP) is 7.68. The fourth-order valence-corrected chi connectivity index (χ4v) is 6.76. The highest BCUT2D eigenvalue weighted by Gasteiger charge is 2.30. The summed E-state index contributed by atoms with van der Waals surface area (Å²) in [6.45, 7) is 2.68. The highest BCUT2D eigenvalue weighted by Crippen LogP contribution is 2.31. The van der Waals surface area contributed by atoms with E-state index in [4.69, 9.17) is 10.2 Å². The van der Waals surface area contributed by atoms with Gasteiger partial charge < -0.3 is 26.0 Å². The first kappa shape index (κ1) is 45.0. The molecule has 11 nitrogen and oxygen atoms in total. The number of hydrogen-bond donors (Lipinski definition) is 5. The van der Waals surface area contributed by atoms with Crippen LogP contribution < -0.4 is 10.6 Å². The second kappa shape index (κ2) is 28.7. The van der Waals surface area contributed by atoms with E-state index in [0.717, 1.165) is 51.4 Å². The van der Waals surface area contributed by atoms with E-state index < -0.39 is 29.7 Å². The number of carboxylic acid groups (broad SMARTS) is 3. The third-order valence-electron chi connectivity index (χ3n) is 10.3. The zero-order chi connectivity index (χ0) is 37.0. The van der Waals surface area contributed by atoms with E-state index in [-0.39, 0.29) is 42.8 Å². The molecule has 0 bridgehead atoms. The van der Waals surface area contributed by atoms with Gasteiger partial charge in [-0.3, -0.25) is 28.8 Å². The van der Waals surface area contributed by atoms with Gasteiger partial charge in [0.25, 0.3) is 0 Å². The first-order valence-electron chi connectivity index (χ1n) is 19.7. The highest BCUT2D eigenvalue weighted by atomic mass is 16.4. The monoisotopic (exact) mass is 708 g/mol. The Morgan fingerprint density at radius 2 is 1.06 bits per heavy atom. The Labute approximate surface area is 300 Å². The molecular formula is C39H68N2O9. The Hall–Kier alpha value is -2.98. The molecule has 11 heteroatoms. The van der Waals surface area contributed by atoms with E-state index >= 15 is 0 Å². The van der Waals surface area contributed by atoms with E-state index in [1.807, 2.05) is 0 Å². The van der Waals surface area contributed by atoms with Crippen molar-refractivity contribution in [2.24, 2.45) is 23.7 Å². The molecule has 50 heavy (non-hydrogen) atoms. The van der Waals surface area contributed by atoms with Crippen LogP contribution >= 0.6 is 0 Å². The van der Waals surface area contributed by atoms with Gasteiger partial charge in [0.1, 0.15) is 5.78 Å². The van der Waals surface area contributed by atoms with Crippen molar-refractivity contribution in [2.45, 2.75) is 174 Å². The number of carbonyl (C=O) groups is 6. The highest BCUT2D eigenvalue weighted by molar-refractivity contribution is 5.86. The van der Waals surface area contributed by atoms with E-state index in [2.05, 4.69) is 10.6 Å². The van der Waals surface area contributed by atoms with Crippen molar-refractivity contribution in [1.29, 1.82) is 0 Å². The minimum Gasteiger partial charge on any atom is -0.481 e. The molecule has 0 aliphatic heterocycles. The molecule has 0 aromatic heterocycles. The summed E-state index contributed by atoms with van der Waals surface area (Å²) in [5, 5.41) is 33.0. The molecule has 0 spiro atoms. The molecule has 0 aromatic carbocycles. The normalized spacial score (nSPS) is 17.1. The summed E-state index contributed by atoms with van der Waals surface area (Å²) >= 11 is 0. The largest absolute Gasteiger partial charge is 0.481 e. The zero-order valence-corrected chi connectivity index (χ0v) is 30.9. The molecule has 0 heterocycles. The third-order valence-corrected chi connectivity index (χ3v) is 10.3. The van der Waals surface area contributed by atoms with Crippen LogP contribution in [0.4, 0.5) is 0 Å². The van der Waals surface area contributed by atoms with E-state index in [0.29, 0.717) is 64.0 Å². The average Bonchev–Trinajstić information content (AvgIpc) is 3.08. The average molecular weight is 709 g/mol. The number of carboxylic acids is 3. The van der Waals surface area contributed by atoms with Crippen LogP contribution in [-0.4, -0.2) is 63.9 Å². The molecule has 288 valence electrons. The van der Waals surface area contributed by atoms with Crippen molar-refractivity contribution < 1.29 is 44.1 Å². The molecule has 0 aromatic rings. The van der Waals surface area contributed by atoms with Gasteiger partial charge in [-0.1, -0.05) is 90.4 Å². The zero-order valence-electron chi connectivity index (χ0n) is 30.9. The third kappa shape index (κ3) is 24.2. The van der Waals surface area contributed by atoms with Gasteiger partial charge in [-0.25, -0.2) is 0 Å². The first-order valence-corrected chi connectivity index (χ1v) is 19.7. The van der Waals surface area contributed by atoms with Crippen molar-refractivity contribution in [1.82, 2.24) is 10.6 Å². The van der Waals surface area contributed by atoms with E-state index in [1.54, 1.807) is 6.92 Å². The van der Waals surface area contributed by atoms with Crippen LogP contribution in [0, 0.1) is 23.7 Å². The number of rotatable bonds is 32. The van der Waals surface area contributed by atoms with Gasteiger partial charge in [-0.2, -0.15) is 0 Å². The second-order valence-corrected chi connectivity index (χ2v) is 14.7. The molecule has 0 radical (unpaired) electrons. The molecule has 1 saturated carbocycles. The number of unbranched alkanes of at least 4 members (excludes halogenated alkanes) is 14. The number of ketones is 1. The smallest absolute Gasteiger partial charge is 0.306 e. The van der Waals surface area contributed by atoms with Crippen LogP contribution in [0.15, 0.2) is 0 Å². The molecule has 0 saturated heterocycles. The Kier molecular flexibility index (Phi) is 25.8. The SMILES string of the molecule is C[C@@H](CCCCNC(=O)CC[C@H](CC(=O)C1CCC(CNC(=O)CCCCCCCCCCCCCCCCC(=O)O)CC1)C(=O)O)C(=O)O. The van der Waals surface area contributed by atoms with Gasteiger partial charge >= 0.3 is 17.9 Å². The Bertz CT molecular complexity index is 994. The van der Waals surface area contributed by atoms with Gasteiger partial charge in [0, 0.05) is 44.7 Å². The quantitative estimate of drug-likeness (QED) is 0.0437. The Balaban J connectivity index is 2.05. The van der Waals surface area contributed by atoms with Crippen molar-refractivity contribution in [2.75, 3.05) is 13.1 Å². The van der Waals surface area contributed by atoms with Crippen LogP contribution in [0.1, 0.15) is 174 Å². The minimum absolute atomic E-state index is 0.0326. The number of aliphatic carboxylic acids is 3. The molecule has 1 aliphatic rings. The molecule has 2 atom stereocenters. The summed E-state index contributed by atoms with van der Waals surface area (Å²) in [4.78, 5) is 70.6. The fraction of sp³-hybridized carbons (Fsp3) is 0.846. The second-order valence-electron chi connectivity index (χ2n) is 14.7. The Morgan fingerprint density at radius 1 is 0.560 bits per heavy atom. The molecule has 1 aliphatic carbocycles. The van der Waals surface area contributed by atoms with Crippen LogP contribution in [0.25, 0.3) is 0 Å². The maximum atomic E-state index is 12.9. The molecular weight excluding hydrogens is 640 g/mol. The van der Waals surface area contributed by atoms with Gasteiger partial charge in [0.05, 0.1) is 11.8 Å². The predicted molar refractivity (Wildman–Crippen MR) is 194 cm³/mol. The van der Waals surface area contributed by atoms with Crippen molar-refractivity contribution in [3.8, 4) is 0 Å². The lowest BCUT2D eigenvalue weighted by molar-refractivity contribution is -0.145. The maximum Gasteiger partial charge on any atom is 0.306 e. The minimum atomic E-state index is -1.06. The van der Waals surface area contributed by atoms with Crippen LogP contribution in [0.5, 0.6) is 0 Å². The van der Waals surface area contributed by atoms with E-state index in [1.165, 1.54) is 51.4 Å². The van der Waals surface area contributed by atoms with Crippen LogP contribution in [-0.2, 0) is 28.8 Å². The number of hydrogen-bond acceptors (Lipinski definition) is 6. The molecule has 1 fully saturated rings. The van der Waals surface area contributed by atoms with E-state index in [9.17, 15) is 33.9 Å². The molecule has 2 amide bonds. The summed E-state index contributed by atoms with van der Waals surface area (Å²) in [6.07, 6.45) is 21.9. The summed E-state index contributed by atoms with van der Waals surface area (Å²) in [5.41, 5.74) is 0. The topological polar surface area (TPSA) is 187 Å². The Morgan fingerprint density at radius 3 is 1.56 bits per heavy atom. The number of Topliss-reactive ketones (excluding diaryl/α,β-unsaturated/α-hetero) is 1. The van der Waals surface area contributed by atoms with Crippen LogP contribution in [0.2, 0.25) is 0 Å². The van der Waals surface area contributed by atoms with Gasteiger partial charge in [-0.15, -0.1) is 0 Å². The molecule has 1 rings (SSSR count). The number of nitrogens with one attached hydrogen (secondary N) is 2. The maximum absolute atomic E-state index is 12.9. The van der Waals surface area contributed by atoms with Gasteiger partial charge in [0.15, 0.2) is 0 Å². The van der Waals surface area contributed by atoms with Gasteiger partial charge in [-0.05, 0) is 63.7 Å². The lowest BCUT2D eigenvalue weighted by Crippen LogP contribution is -2.33. The lowest BCUT2D eigenvalue weighted by atomic mass is 9.78. The van der Waals surface area contributed by atoms with Crippen LogP contribution in [0.3, 0.4) is 0 Å². The summed E-state index contributed by atoms with van der Waals surface area (Å²) < 4.78 is 0. The fourth-order valence-electron chi connectivity index (χ4n) is 6.76. The standard InChI is InChI=1S/C39H68N2O9/c1-30(38(47)48)18-16-17-27-40-36(44)26-25-33(39(49)50)28-34(42)32-23-21-31(22-24-32)29-41-35(43)19-14-12-10-8-6-4-2-3-5-7-9-11-13-15-20-37(45)46/h30-33H,2-29H2,1H3,(H,40,44)(H,41,43)(H,45,46)(H,47,48)(H,49,50)/t30-,31?,32?,33+/m0/s1.